The summed E-state index contributed by atoms with van der Waals surface area (Å²) in [6, 6.07) is 0. The number of hydrogen-bond acceptors (Lipinski definition) is 2. The standard InChI is InChI=1S/C12H22O2/c1-3-12(2,14)11(13)9-10-7-5-4-6-8-10/h10,14H,3-9H2,1-2H3. The summed E-state index contributed by atoms with van der Waals surface area (Å²) in [5.41, 5.74) is -1.09. The van der Waals surface area contributed by atoms with E-state index in [9.17, 15) is 9.90 Å². The van der Waals surface area contributed by atoms with Gasteiger partial charge in [0.25, 0.3) is 0 Å². The summed E-state index contributed by atoms with van der Waals surface area (Å²) in [6.07, 6.45) is 7.28. The molecule has 0 aromatic heterocycles. The lowest BCUT2D eigenvalue weighted by Crippen LogP contribution is -2.35. The molecule has 1 saturated carbocycles. The molecule has 0 bridgehead atoms. The minimum Gasteiger partial charge on any atom is -0.382 e. The molecule has 82 valence electrons. The molecule has 1 unspecified atom stereocenters. The maximum absolute atomic E-state index is 11.7. The molecule has 2 nitrogen and oxygen atoms in total. The van der Waals surface area contributed by atoms with Crippen LogP contribution in [-0.4, -0.2) is 16.5 Å². The fourth-order valence-corrected chi connectivity index (χ4v) is 2.07. The molecule has 1 fully saturated rings. The van der Waals surface area contributed by atoms with Gasteiger partial charge in [0.1, 0.15) is 5.60 Å². The van der Waals surface area contributed by atoms with Crippen LogP contribution in [0.15, 0.2) is 0 Å². The van der Waals surface area contributed by atoms with E-state index in [4.69, 9.17) is 0 Å². The molecule has 0 amide bonds. The number of rotatable bonds is 4. The second-order valence-corrected chi connectivity index (χ2v) is 4.76. The Morgan fingerprint density at radius 1 is 1.36 bits per heavy atom. The molecule has 1 aliphatic rings. The van der Waals surface area contributed by atoms with Crippen molar-refractivity contribution < 1.29 is 9.90 Å². The maximum Gasteiger partial charge on any atom is 0.164 e. The van der Waals surface area contributed by atoms with Gasteiger partial charge in [0, 0.05) is 6.42 Å². The molecule has 0 aromatic rings. The Bertz CT molecular complexity index is 190. The SMILES string of the molecule is CCC(C)(O)C(=O)CC1CCCCC1. The molecule has 1 N–H and O–H groups in total. The smallest absolute Gasteiger partial charge is 0.164 e. The first-order valence-electron chi connectivity index (χ1n) is 5.82. The second kappa shape index (κ2) is 4.92. The Kier molecular flexibility index (Phi) is 4.11. The fraction of sp³-hybridized carbons (Fsp3) is 0.917. The van der Waals surface area contributed by atoms with Gasteiger partial charge in [-0.25, -0.2) is 0 Å². The van der Waals surface area contributed by atoms with Gasteiger partial charge in [0.15, 0.2) is 5.78 Å². The van der Waals surface area contributed by atoms with Crippen LogP contribution in [0.4, 0.5) is 0 Å². The van der Waals surface area contributed by atoms with Crippen molar-refractivity contribution in [1.29, 1.82) is 0 Å². The number of hydrogen-bond donors (Lipinski definition) is 1. The van der Waals surface area contributed by atoms with Gasteiger partial charge in [-0.05, 0) is 19.3 Å². The van der Waals surface area contributed by atoms with Gasteiger partial charge < -0.3 is 5.11 Å². The topological polar surface area (TPSA) is 37.3 Å². The third-order valence-electron chi connectivity index (χ3n) is 3.49. The Morgan fingerprint density at radius 3 is 2.43 bits per heavy atom. The zero-order valence-corrected chi connectivity index (χ0v) is 9.38. The summed E-state index contributed by atoms with van der Waals surface area (Å²) in [6.45, 7) is 3.50. The normalized spacial score (nSPS) is 23.1. The average Bonchev–Trinajstić information content (AvgIpc) is 2.19. The third kappa shape index (κ3) is 3.09. The number of carbonyl (C=O) groups excluding carboxylic acids is 1. The number of carbonyl (C=O) groups is 1. The van der Waals surface area contributed by atoms with E-state index >= 15 is 0 Å². The van der Waals surface area contributed by atoms with Crippen molar-refractivity contribution in [2.45, 2.75) is 64.4 Å². The molecule has 0 heterocycles. The monoisotopic (exact) mass is 198 g/mol. The highest BCUT2D eigenvalue weighted by atomic mass is 16.3. The van der Waals surface area contributed by atoms with Crippen molar-refractivity contribution in [3.63, 3.8) is 0 Å². The predicted octanol–water partition coefficient (Wildman–Crippen LogP) is 2.69. The maximum atomic E-state index is 11.7. The van der Waals surface area contributed by atoms with E-state index < -0.39 is 5.60 Å². The summed E-state index contributed by atoms with van der Waals surface area (Å²) >= 11 is 0. The highest BCUT2D eigenvalue weighted by Gasteiger charge is 2.29. The van der Waals surface area contributed by atoms with Gasteiger partial charge in [-0.15, -0.1) is 0 Å². The van der Waals surface area contributed by atoms with Crippen LogP contribution in [-0.2, 0) is 4.79 Å². The lowest BCUT2D eigenvalue weighted by Gasteiger charge is -2.25. The van der Waals surface area contributed by atoms with E-state index in [-0.39, 0.29) is 5.78 Å². The highest BCUT2D eigenvalue weighted by Crippen LogP contribution is 2.28. The van der Waals surface area contributed by atoms with Crippen molar-refractivity contribution in [1.82, 2.24) is 0 Å². The number of ketones is 1. The summed E-state index contributed by atoms with van der Waals surface area (Å²) in [7, 11) is 0. The molecule has 1 aliphatic carbocycles. The Hall–Kier alpha value is -0.370. The van der Waals surface area contributed by atoms with Crippen LogP contribution in [0.2, 0.25) is 0 Å². The fourth-order valence-electron chi connectivity index (χ4n) is 2.07. The van der Waals surface area contributed by atoms with E-state index in [1.807, 2.05) is 6.92 Å². The van der Waals surface area contributed by atoms with E-state index in [1.54, 1.807) is 6.92 Å². The van der Waals surface area contributed by atoms with Crippen molar-refractivity contribution >= 4 is 5.78 Å². The van der Waals surface area contributed by atoms with Crippen LogP contribution in [0.3, 0.4) is 0 Å². The van der Waals surface area contributed by atoms with Crippen molar-refractivity contribution in [3.05, 3.63) is 0 Å². The minimum atomic E-state index is -1.09. The quantitative estimate of drug-likeness (QED) is 0.754. The largest absolute Gasteiger partial charge is 0.382 e. The molecule has 1 atom stereocenters. The van der Waals surface area contributed by atoms with Crippen LogP contribution < -0.4 is 0 Å². The molecule has 0 radical (unpaired) electrons. The van der Waals surface area contributed by atoms with Crippen molar-refractivity contribution in [2.75, 3.05) is 0 Å². The van der Waals surface area contributed by atoms with Crippen LogP contribution in [0.25, 0.3) is 0 Å². The molecule has 0 spiro atoms. The first-order chi connectivity index (χ1) is 6.56. The average molecular weight is 198 g/mol. The zero-order chi connectivity index (χ0) is 10.6. The van der Waals surface area contributed by atoms with Gasteiger partial charge in [0.2, 0.25) is 0 Å². The van der Waals surface area contributed by atoms with Crippen molar-refractivity contribution in [3.8, 4) is 0 Å². The van der Waals surface area contributed by atoms with E-state index in [2.05, 4.69) is 0 Å². The lowest BCUT2D eigenvalue weighted by atomic mass is 9.82. The number of aliphatic hydroxyl groups is 1. The molecular formula is C12H22O2. The Morgan fingerprint density at radius 2 is 1.93 bits per heavy atom. The Balaban J connectivity index is 2.39. The molecular weight excluding hydrogens is 176 g/mol. The Labute approximate surface area is 86.7 Å². The summed E-state index contributed by atoms with van der Waals surface area (Å²) in [5, 5.41) is 9.77. The van der Waals surface area contributed by atoms with Crippen LogP contribution in [0.1, 0.15) is 58.8 Å². The molecule has 2 heteroatoms. The predicted molar refractivity (Wildman–Crippen MR) is 57.1 cm³/mol. The summed E-state index contributed by atoms with van der Waals surface area (Å²) in [5.74, 6) is 0.571. The van der Waals surface area contributed by atoms with Gasteiger partial charge >= 0.3 is 0 Å². The summed E-state index contributed by atoms with van der Waals surface area (Å²) < 4.78 is 0. The van der Waals surface area contributed by atoms with Crippen LogP contribution >= 0.6 is 0 Å². The first-order valence-corrected chi connectivity index (χ1v) is 5.82. The molecule has 0 aliphatic heterocycles. The van der Waals surface area contributed by atoms with Crippen LogP contribution in [0, 0.1) is 5.92 Å². The first kappa shape index (κ1) is 11.7. The van der Waals surface area contributed by atoms with Gasteiger partial charge in [-0.1, -0.05) is 39.0 Å². The molecule has 14 heavy (non-hydrogen) atoms. The number of Topliss-reactive ketones (excluding diaryl/α,β-unsaturated/α-hetero) is 1. The highest BCUT2D eigenvalue weighted by molar-refractivity contribution is 5.86. The molecule has 1 rings (SSSR count). The second-order valence-electron chi connectivity index (χ2n) is 4.76. The summed E-state index contributed by atoms with van der Waals surface area (Å²) in [4.78, 5) is 11.7. The van der Waals surface area contributed by atoms with Crippen molar-refractivity contribution in [2.24, 2.45) is 5.92 Å². The molecule has 0 saturated heterocycles. The van der Waals surface area contributed by atoms with Gasteiger partial charge in [0.05, 0.1) is 0 Å². The zero-order valence-electron chi connectivity index (χ0n) is 9.38. The third-order valence-corrected chi connectivity index (χ3v) is 3.49. The van der Waals surface area contributed by atoms with E-state index in [1.165, 1.54) is 32.1 Å². The van der Waals surface area contributed by atoms with Gasteiger partial charge in [-0.2, -0.15) is 0 Å². The van der Waals surface area contributed by atoms with E-state index in [0.717, 1.165) is 0 Å². The minimum absolute atomic E-state index is 0.0342. The van der Waals surface area contributed by atoms with E-state index in [0.29, 0.717) is 18.8 Å². The van der Waals surface area contributed by atoms with Gasteiger partial charge in [-0.3, -0.25) is 4.79 Å². The lowest BCUT2D eigenvalue weighted by molar-refractivity contribution is -0.137. The molecule has 0 aromatic carbocycles. The van der Waals surface area contributed by atoms with Crippen LogP contribution in [0.5, 0.6) is 0 Å².